The number of rotatable bonds is 22. The van der Waals surface area contributed by atoms with E-state index in [4.69, 9.17) is 14.2 Å². The van der Waals surface area contributed by atoms with Crippen molar-refractivity contribution in [1.29, 1.82) is 0 Å². The van der Waals surface area contributed by atoms with Crippen molar-refractivity contribution in [3.05, 3.63) is 77.9 Å². The van der Waals surface area contributed by atoms with Gasteiger partial charge in [-0.3, -0.25) is 0 Å². The average Bonchev–Trinajstić information content (AvgIpc) is 3.02. The number of unbranched alkanes of at least 4 members (excludes halogenated alkanes) is 13. The number of esters is 1. The van der Waals surface area contributed by atoms with E-state index in [0.29, 0.717) is 17.9 Å². The van der Waals surface area contributed by atoms with E-state index in [1.165, 1.54) is 83.5 Å². The highest BCUT2D eigenvalue weighted by atomic mass is 16.5. The van der Waals surface area contributed by atoms with Crippen molar-refractivity contribution in [2.24, 2.45) is 0 Å². The Morgan fingerprint density at radius 2 is 0.930 bits per heavy atom. The lowest BCUT2D eigenvalue weighted by molar-refractivity contribution is 0.0734. The normalized spacial score (nSPS) is 11.0. The summed E-state index contributed by atoms with van der Waals surface area (Å²) in [5.41, 5.74) is 3.56. The number of benzene rings is 3. The zero-order valence-corrected chi connectivity index (χ0v) is 27.0. The summed E-state index contributed by atoms with van der Waals surface area (Å²) in [5.74, 6) is 1.87. The highest BCUT2D eigenvalue weighted by molar-refractivity contribution is 5.92. The van der Waals surface area contributed by atoms with Crippen molar-refractivity contribution in [1.82, 2.24) is 0 Å². The fourth-order valence-corrected chi connectivity index (χ4v) is 5.25. The molecule has 43 heavy (non-hydrogen) atoms. The summed E-state index contributed by atoms with van der Waals surface area (Å²) in [6.07, 6.45) is 19.2. The Kier molecular flexibility index (Phi) is 16.4. The van der Waals surface area contributed by atoms with Gasteiger partial charge >= 0.3 is 5.97 Å². The van der Waals surface area contributed by atoms with Crippen molar-refractivity contribution in [3.63, 3.8) is 0 Å². The molecule has 0 unspecified atom stereocenters. The second-order valence-corrected chi connectivity index (χ2v) is 11.7. The molecule has 0 heterocycles. The van der Waals surface area contributed by atoms with E-state index in [1.54, 1.807) is 6.07 Å². The van der Waals surface area contributed by atoms with Gasteiger partial charge in [0.2, 0.25) is 0 Å². The van der Waals surface area contributed by atoms with Gasteiger partial charge in [0.05, 0.1) is 18.8 Å². The first kappa shape index (κ1) is 34.2. The number of carbonyl (C=O) groups is 1. The third kappa shape index (κ3) is 13.3. The summed E-state index contributed by atoms with van der Waals surface area (Å²) in [6.45, 7) is 7.89. The Morgan fingerprint density at radius 3 is 1.42 bits per heavy atom. The van der Waals surface area contributed by atoms with Crippen LogP contribution in [0.15, 0.2) is 66.7 Å². The summed E-state index contributed by atoms with van der Waals surface area (Å²) in [6, 6.07) is 21.4. The number of carbonyl (C=O) groups excluding carboxylic acids is 1. The molecule has 4 heteroatoms. The van der Waals surface area contributed by atoms with Crippen LogP contribution in [0.25, 0.3) is 11.1 Å². The maximum absolute atomic E-state index is 12.9. The molecule has 234 valence electrons. The van der Waals surface area contributed by atoms with Crippen LogP contribution >= 0.6 is 0 Å². The van der Waals surface area contributed by atoms with Gasteiger partial charge in [-0.2, -0.15) is 0 Å². The fourth-order valence-electron chi connectivity index (χ4n) is 5.25. The summed E-state index contributed by atoms with van der Waals surface area (Å²) in [4.78, 5) is 12.9. The summed E-state index contributed by atoms with van der Waals surface area (Å²) < 4.78 is 17.5. The third-order valence-electron chi connectivity index (χ3n) is 7.95. The Labute approximate surface area is 261 Å². The molecule has 0 radical (unpaired) electrons. The summed E-state index contributed by atoms with van der Waals surface area (Å²) in [7, 11) is 0. The molecule has 0 aliphatic heterocycles. The van der Waals surface area contributed by atoms with E-state index in [9.17, 15) is 4.79 Å². The second-order valence-electron chi connectivity index (χ2n) is 11.7. The van der Waals surface area contributed by atoms with Gasteiger partial charge in [-0.1, -0.05) is 122 Å². The third-order valence-corrected chi connectivity index (χ3v) is 7.95. The van der Waals surface area contributed by atoms with Crippen molar-refractivity contribution >= 4 is 5.97 Å². The Balaban J connectivity index is 1.37. The molecule has 0 aromatic heterocycles. The molecular weight excluding hydrogens is 532 g/mol. The maximum Gasteiger partial charge on any atom is 0.343 e. The number of ether oxygens (including phenoxy) is 3. The Hall–Kier alpha value is -3.27. The van der Waals surface area contributed by atoms with E-state index in [0.717, 1.165) is 47.6 Å². The fraction of sp³-hybridized carbons (Fsp3) is 0.513. The van der Waals surface area contributed by atoms with E-state index >= 15 is 0 Å². The lowest BCUT2D eigenvalue weighted by Crippen LogP contribution is -2.10. The van der Waals surface area contributed by atoms with Crippen molar-refractivity contribution in [2.45, 2.75) is 117 Å². The zero-order chi connectivity index (χ0) is 30.5. The second kappa shape index (κ2) is 20.6. The van der Waals surface area contributed by atoms with Gasteiger partial charge in [0.1, 0.15) is 17.2 Å². The van der Waals surface area contributed by atoms with Crippen LogP contribution in [-0.4, -0.2) is 19.2 Å². The lowest BCUT2D eigenvalue weighted by Gasteiger charge is -2.11. The lowest BCUT2D eigenvalue weighted by atomic mass is 10.1. The topological polar surface area (TPSA) is 44.8 Å². The zero-order valence-electron chi connectivity index (χ0n) is 27.0. The quantitative estimate of drug-likeness (QED) is 0.0667. The molecule has 0 aliphatic carbocycles. The molecule has 0 bridgehead atoms. The van der Waals surface area contributed by atoms with Crippen molar-refractivity contribution in [3.8, 4) is 28.4 Å². The van der Waals surface area contributed by atoms with Crippen LogP contribution in [0.3, 0.4) is 0 Å². The van der Waals surface area contributed by atoms with Crippen molar-refractivity contribution in [2.75, 3.05) is 13.2 Å². The van der Waals surface area contributed by atoms with Gasteiger partial charge in [0.25, 0.3) is 0 Å². The van der Waals surface area contributed by atoms with Crippen LogP contribution < -0.4 is 14.2 Å². The number of hydrogen-bond acceptors (Lipinski definition) is 4. The molecule has 0 amide bonds. The molecule has 4 nitrogen and oxygen atoms in total. The minimum atomic E-state index is -0.360. The number of aryl methyl sites for hydroxylation is 1. The average molecular weight is 587 g/mol. The molecule has 3 aromatic rings. The van der Waals surface area contributed by atoms with Crippen LogP contribution in [0.1, 0.15) is 126 Å². The molecule has 0 fully saturated rings. The van der Waals surface area contributed by atoms with Gasteiger partial charge in [0, 0.05) is 0 Å². The first-order valence-corrected chi connectivity index (χ1v) is 16.9. The van der Waals surface area contributed by atoms with Crippen LogP contribution in [0.5, 0.6) is 17.2 Å². The van der Waals surface area contributed by atoms with Crippen molar-refractivity contribution < 1.29 is 19.0 Å². The van der Waals surface area contributed by atoms with E-state index < -0.39 is 0 Å². The predicted octanol–water partition coefficient (Wildman–Crippen LogP) is 11.5. The largest absolute Gasteiger partial charge is 0.494 e. The standard InChI is InChI=1S/C39H54O4/c1-4-6-8-10-12-13-14-16-17-29-41-35-23-19-33(20-24-35)34-21-25-36(26-22-34)43-39(40)38-28-27-37(31-32(38)3)42-30-18-15-11-9-7-5-2/h19-28,31H,4-18,29-30H2,1-3H3. The van der Waals surface area contributed by atoms with Gasteiger partial charge < -0.3 is 14.2 Å². The van der Waals surface area contributed by atoms with Gasteiger partial charge in [-0.15, -0.1) is 0 Å². The monoisotopic (exact) mass is 586 g/mol. The smallest absolute Gasteiger partial charge is 0.343 e. The van der Waals surface area contributed by atoms with Gasteiger partial charge in [-0.05, 0) is 78.9 Å². The van der Waals surface area contributed by atoms with E-state index in [-0.39, 0.29) is 5.97 Å². The minimum absolute atomic E-state index is 0.360. The Bertz CT molecular complexity index is 1170. The highest BCUT2D eigenvalue weighted by Crippen LogP contribution is 2.26. The van der Waals surface area contributed by atoms with Crippen LogP contribution in [0, 0.1) is 6.92 Å². The molecular formula is C39H54O4. The molecule has 0 saturated heterocycles. The minimum Gasteiger partial charge on any atom is -0.494 e. The highest BCUT2D eigenvalue weighted by Gasteiger charge is 2.13. The van der Waals surface area contributed by atoms with Gasteiger partial charge in [0.15, 0.2) is 0 Å². The Morgan fingerprint density at radius 1 is 0.512 bits per heavy atom. The van der Waals surface area contributed by atoms with Crippen LogP contribution in [-0.2, 0) is 0 Å². The predicted molar refractivity (Wildman–Crippen MR) is 180 cm³/mol. The first-order valence-electron chi connectivity index (χ1n) is 16.9. The van der Waals surface area contributed by atoms with Gasteiger partial charge in [-0.25, -0.2) is 4.79 Å². The maximum atomic E-state index is 12.9. The first-order chi connectivity index (χ1) is 21.1. The molecule has 3 aromatic carbocycles. The molecule has 0 atom stereocenters. The molecule has 0 aliphatic rings. The summed E-state index contributed by atoms with van der Waals surface area (Å²) >= 11 is 0. The molecule has 3 rings (SSSR count). The summed E-state index contributed by atoms with van der Waals surface area (Å²) in [5, 5.41) is 0. The van der Waals surface area contributed by atoms with Crippen LogP contribution in [0.4, 0.5) is 0 Å². The molecule has 0 spiro atoms. The number of hydrogen-bond donors (Lipinski definition) is 0. The van der Waals surface area contributed by atoms with Crippen LogP contribution in [0.2, 0.25) is 0 Å². The van der Waals surface area contributed by atoms with E-state index in [1.807, 2.05) is 55.5 Å². The molecule has 0 saturated carbocycles. The molecule has 0 N–H and O–H groups in total. The van der Waals surface area contributed by atoms with E-state index in [2.05, 4.69) is 26.0 Å². The SMILES string of the molecule is CCCCCCCCCCCOc1ccc(-c2ccc(OC(=O)c3ccc(OCCCCCCCC)cc3C)cc2)cc1.